The molecule has 1 aromatic heterocycles. The van der Waals surface area contributed by atoms with Gasteiger partial charge in [0.1, 0.15) is 12.4 Å². The quantitative estimate of drug-likeness (QED) is 0.533. The molecule has 6 nitrogen and oxygen atoms in total. The summed E-state index contributed by atoms with van der Waals surface area (Å²) in [5.41, 5.74) is -1.43. The number of hydrogen-bond donors (Lipinski definition) is 1. The van der Waals surface area contributed by atoms with Crippen molar-refractivity contribution in [1.29, 1.82) is 0 Å². The number of hydrogen-bond acceptors (Lipinski definition) is 3. The van der Waals surface area contributed by atoms with Crippen molar-refractivity contribution in [2.75, 3.05) is 0 Å². The van der Waals surface area contributed by atoms with Gasteiger partial charge in [-0.05, 0) is 46.9 Å². The lowest BCUT2D eigenvalue weighted by Crippen LogP contribution is -2.41. The summed E-state index contributed by atoms with van der Waals surface area (Å²) >= 11 is 13.9. The summed E-state index contributed by atoms with van der Waals surface area (Å²) in [5.74, 6) is -1.86. The van der Waals surface area contributed by atoms with Crippen LogP contribution >= 0.6 is 45.8 Å². The first-order chi connectivity index (χ1) is 12.7. The van der Waals surface area contributed by atoms with Gasteiger partial charge in [-0.15, -0.1) is 0 Å². The van der Waals surface area contributed by atoms with Crippen LogP contribution in [-0.2, 0) is 17.9 Å². The molecule has 0 spiro atoms. The fourth-order valence-corrected chi connectivity index (χ4v) is 3.43. The predicted octanol–water partition coefficient (Wildman–Crippen LogP) is 3.35. The molecule has 140 valence electrons. The number of carbonyl (C=O) groups is 1. The van der Waals surface area contributed by atoms with Gasteiger partial charge in [0, 0.05) is 9.13 Å². The Morgan fingerprint density at radius 2 is 1.78 bits per heavy atom. The lowest BCUT2D eigenvalue weighted by molar-refractivity contribution is -0.137. The lowest BCUT2D eigenvalue weighted by atomic mass is 10.2. The summed E-state index contributed by atoms with van der Waals surface area (Å²) in [6.45, 7) is -1.04. The van der Waals surface area contributed by atoms with E-state index in [4.69, 9.17) is 28.3 Å². The number of fused-ring (bicyclic) bond motifs is 1. The Labute approximate surface area is 174 Å². The van der Waals surface area contributed by atoms with Crippen LogP contribution in [0.2, 0.25) is 10.0 Å². The van der Waals surface area contributed by atoms with E-state index >= 15 is 0 Å². The van der Waals surface area contributed by atoms with Gasteiger partial charge in [0.25, 0.3) is 5.56 Å². The van der Waals surface area contributed by atoms with E-state index in [1.807, 2.05) is 22.6 Å². The predicted molar refractivity (Wildman–Crippen MR) is 108 cm³/mol. The zero-order chi connectivity index (χ0) is 19.9. The second-order valence-corrected chi connectivity index (χ2v) is 7.73. The SMILES string of the molecule is O=C(O)Cn1c(=O)n(Cc2ccc(I)cc2F)c(=O)c2cc(Cl)c(Cl)cc21. The number of aromatic nitrogens is 2. The number of aliphatic carboxylic acids is 1. The molecule has 0 amide bonds. The zero-order valence-corrected chi connectivity index (χ0v) is 17.0. The minimum atomic E-state index is -1.28. The van der Waals surface area contributed by atoms with Gasteiger partial charge in [-0.3, -0.25) is 18.7 Å². The molecular weight excluding hydrogens is 513 g/mol. The molecule has 0 fully saturated rings. The minimum absolute atomic E-state index is 0.0103. The van der Waals surface area contributed by atoms with E-state index in [-0.39, 0.29) is 33.1 Å². The van der Waals surface area contributed by atoms with Crippen LogP contribution in [0, 0.1) is 9.39 Å². The van der Waals surface area contributed by atoms with E-state index in [1.54, 1.807) is 6.07 Å². The Morgan fingerprint density at radius 3 is 2.41 bits per heavy atom. The van der Waals surface area contributed by atoms with Crippen molar-refractivity contribution < 1.29 is 14.3 Å². The van der Waals surface area contributed by atoms with Crippen LogP contribution in [-0.4, -0.2) is 20.2 Å². The molecule has 0 aliphatic rings. The first-order valence-electron chi connectivity index (χ1n) is 7.47. The first-order valence-corrected chi connectivity index (χ1v) is 9.30. The maximum atomic E-state index is 14.2. The van der Waals surface area contributed by atoms with Crippen molar-refractivity contribution in [3.63, 3.8) is 0 Å². The lowest BCUT2D eigenvalue weighted by Gasteiger charge is -2.14. The van der Waals surface area contributed by atoms with Crippen LogP contribution in [0.1, 0.15) is 5.56 Å². The van der Waals surface area contributed by atoms with E-state index in [9.17, 15) is 18.8 Å². The largest absolute Gasteiger partial charge is 0.480 e. The van der Waals surface area contributed by atoms with E-state index in [1.165, 1.54) is 24.3 Å². The molecule has 0 saturated heterocycles. The van der Waals surface area contributed by atoms with Gasteiger partial charge in [-0.1, -0.05) is 29.3 Å². The molecular formula is C17H10Cl2FIN2O4. The molecule has 0 unspecified atom stereocenters. The number of nitrogens with zero attached hydrogens (tertiary/aromatic N) is 2. The van der Waals surface area contributed by atoms with Crippen LogP contribution in [0.15, 0.2) is 39.9 Å². The van der Waals surface area contributed by atoms with E-state index in [0.29, 0.717) is 3.57 Å². The molecule has 0 atom stereocenters. The highest BCUT2D eigenvalue weighted by Gasteiger charge is 2.18. The summed E-state index contributed by atoms with van der Waals surface area (Å²) in [4.78, 5) is 36.8. The number of halogens is 4. The Balaban J connectivity index is 2.32. The molecule has 1 N–H and O–H groups in total. The number of carboxylic acids is 1. The van der Waals surface area contributed by atoms with Crippen LogP contribution in [0.25, 0.3) is 10.9 Å². The monoisotopic (exact) mass is 522 g/mol. The molecule has 0 bridgehead atoms. The van der Waals surface area contributed by atoms with Crippen LogP contribution in [0.5, 0.6) is 0 Å². The Morgan fingerprint density at radius 1 is 1.11 bits per heavy atom. The molecule has 27 heavy (non-hydrogen) atoms. The number of carboxylic acid groups (broad SMARTS) is 1. The van der Waals surface area contributed by atoms with Crippen LogP contribution in [0.4, 0.5) is 4.39 Å². The summed E-state index contributed by atoms with van der Waals surface area (Å²) in [5, 5.41) is 9.29. The smallest absolute Gasteiger partial charge is 0.332 e. The topological polar surface area (TPSA) is 81.3 Å². The van der Waals surface area contributed by atoms with Crippen molar-refractivity contribution in [2.45, 2.75) is 13.1 Å². The third-order valence-corrected chi connectivity index (χ3v) is 5.30. The molecule has 0 radical (unpaired) electrons. The van der Waals surface area contributed by atoms with Gasteiger partial charge >= 0.3 is 11.7 Å². The second-order valence-electron chi connectivity index (χ2n) is 5.67. The van der Waals surface area contributed by atoms with Gasteiger partial charge in [0.15, 0.2) is 0 Å². The molecule has 10 heteroatoms. The molecule has 1 heterocycles. The van der Waals surface area contributed by atoms with E-state index in [2.05, 4.69) is 0 Å². The molecule has 2 aromatic carbocycles. The average molecular weight is 523 g/mol. The highest BCUT2D eigenvalue weighted by Crippen LogP contribution is 2.26. The fourth-order valence-electron chi connectivity index (χ4n) is 2.66. The van der Waals surface area contributed by atoms with Crippen molar-refractivity contribution >= 4 is 62.7 Å². The van der Waals surface area contributed by atoms with Gasteiger partial charge in [0.05, 0.1) is 27.5 Å². The van der Waals surface area contributed by atoms with Crippen molar-refractivity contribution in [3.05, 3.63) is 76.2 Å². The van der Waals surface area contributed by atoms with Gasteiger partial charge in [-0.2, -0.15) is 0 Å². The Bertz CT molecular complexity index is 1210. The standard InChI is InChI=1S/C17H10Cl2FIN2O4/c18-11-4-10-14(5-12(11)19)22(7-15(24)25)17(27)23(16(10)26)6-8-1-2-9(21)3-13(8)20/h1-5H,6-7H2,(H,24,25). The summed E-state index contributed by atoms with van der Waals surface area (Å²) in [7, 11) is 0. The minimum Gasteiger partial charge on any atom is -0.480 e. The van der Waals surface area contributed by atoms with Gasteiger partial charge in [0.2, 0.25) is 0 Å². The summed E-state index contributed by atoms with van der Waals surface area (Å²) in [6, 6.07) is 6.90. The van der Waals surface area contributed by atoms with E-state index in [0.717, 1.165) is 9.13 Å². The molecule has 0 saturated carbocycles. The average Bonchev–Trinajstić information content (AvgIpc) is 2.59. The Kier molecular flexibility index (Phi) is 5.59. The van der Waals surface area contributed by atoms with Crippen molar-refractivity contribution in [1.82, 2.24) is 9.13 Å². The van der Waals surface area contributed by atoms with Crippen LogP contribution < -0.4 is 11.2 Å². The third kappa shape index (κ3) is 3.87. The number of rotatable bonds is 4. The van der Waals surface area contributed by atoms with Crippen molar-refractivity contribution in [2.24, 2.45) is 0 Å². The maximum absolute atomic E-state index is 14.2. The highest BCUT2D eigenvalue weighted by molar-refractivity contribution is 14.1. The van der Waals surface area contributed by atoms with Crippen LogP contribution in [0.3, 0.4) is 0 Å². The normalized spacial score (nSPS) is 11.1. The summed E-state index contributed by atoms with van der Waals surface area (Å²) < 4.78 is 16.5. The molecule has 3 aromatic rings. The molecule has 0 aliphatic heterocycles. The summed E-state index contributed by atoms with van der Waals surface area (Å²) in [6.07, 6.45) is 0. The maximum Gasteiger partial charge on any atom is 0.332 e. The molecule has 3 rings (SSSR count). The van der Waals surface area contributed by atoms with Gasteiger partial charge in [-0.25, -0.2) is 9.18 Å². The third-order valence-electron chi connectivity index (χ3n) is 3.90. The highest BCUT2D eigenvalue weighted by atomic mass is 127. The fraction of sp³-hybridized carbons (Fsp3) is 0.118. The van der Waals surface area contributed by atoms with Crippen molar-refractivity contribution in [3.8, 4) is 0 Å². The second kappa shape index (κ2) is 7.61. The van der Waals surface area contributed by atoms with E-state index < -0.39 is 29.6 Å². The zero-order valence-electron chi connectivity index (χ0n) is 13.4. The molecule has 0 aliphatic carbocycles. The number of benzene rings is 2. The first kappa shape index (κ1) is 19.8. The Hall–Kier alpha value is -1.91. The van der Waals surface area contributed by atoms with Gasteiger partial charge < -0.3 is 5.11 Å².